The molecular formula is C13H16N2O2S. The second kappa shape index (κ2) is 5.46. The first-order valence-corrected chi connectivity index (χ1v) is 6.63. The van der Waals surface area contributed by atoms with Gasteiger partial charge in [-0.1, -0.05) is 23.5 Å². The molecule has 0 aliphatic rings. The SMILES string of the molecule is CC(C)OCC(=O)N(C)c1nc2ccccc2s1. The number of hydrogen-bond acceptors (Lipinski definition) is 4. The number of benzene rings is 1. The molecule has 0 saturated heterocycles. The van der Waals surface area contributed by atoms with E-state index in [1.165, 1.54) is 11.3 Å². The zero-order valence-corrected chi connectivity index (χ0v) is 11.5. The highest BCUT2D eigenvalue weighted by atomic mass is 32.1. The summed E-state index contributed by atoms with van der Waals surface area (Å²) in [6.45, 7) is 3.90. The number of hydrogen-bond donors (Lipinski definition) is 0. The van der Waals surface area contributed by atoms with Gasteiger partial charge in [0.2, 0.25) is 0 Å². The van der Waals surface area contributed by atoms with Crippen molar-refractivity contribution < 1.29 is 9.53 Å². The van der Waals surface area contributed by atoms with E-state index in [0.29, 0.717) is 5.13 Å². The monoisotopic (exact) mass is 264 g/mol. The molecular weight excluding hydrogens is 248 g/mol. The van der Waals surface area contributed by atoms with Crippen LogP contribution in [0.5, 0.6) is 0 Å². The molecule has 1 aromatic carbocycles. The fourth-order valence-electron chi connectivity index (χ4n) is 1.44. The second-order valence-corrected chi connectivity index (χ2v) is 5.29. The summed E-state index contributed by atoms with van der Waals surface area (Å²) in [5, 5.41) is 0.702. The number of likely N-dealkylation sites (N-methyl/N-ethyl adjacent to an activating group) is 1. The van der Waals surface area contributed by atoms with Crippen LogP contribution in [0, 0.1) is 0 Å². The molecule has 0 atom stereocenters. The van der Waals surface area contributed by atoms with Crippen LogP contribution < -0.4 is 4.90 Å². The topological polar surface area (TPSA) is 42.4 Å². The standard InChI is InChI=1S/C13H16N2O2S/c1-9(2)17-8-12(16)15(3)13-14-10-6-4-5-7-11(10)18-13/h4-7,9H,8H2,1-3H3. The molecule has 4 nitrogen and oxygen atoms in total. The van der Waals surface area contributed by atoms with Gasteiger partial charge in [0.15, 0.2) is 5.13 Å². The lowest BCUT2D eigenvalue weighted by Gasteiger charge is -2.14. The molecule has 0 spiro atoms. The first kappa shape index (κ1) is 13.0. The van der Waals surface area contributed by atoms with E-state index in [4.69, 9.17) is 4.74 Å². The van der Waals surface area contributed by atoms with Gasteiger partial charge in [0.05, 0.1) is 16.3 Å². The molecule has 0 unspecified atom stereocenters. The van der Waals surface area contributed by atoms with Crippen molar-refractivity contribution in [2.24, 2.45) is 0 Å². The van der Waals surface area contributed by atoms with Gasteiger partial charge in [-0.15, -0.1) is 0 Å². The molecule has 0 bridgehead atoms. The Morgan fingerprint density at radius 3 is 2.83 bits per heavy atom. The van der Waals surface area contributed by atoms with Crippen molar-refractivity contribution in [1.29, 1.82) is 0 Å². The summed E-state index contributed by atoms with van der Waals surface area (Å²) in [5.41, 5.74) is 0.918. The average Bonchev–Trinajstić information content (AvgIpc) is 2.78. The molecule has 0 aliphatic carbocycles. The van der Waals surface area contributed by atoms with E-state index in [1.807, 2.05) is 38.1 Å². The fourth-order valence-corrected chi connectivity index (χ4v) is 2.39. The van der Waals surface area contributed by atoms with E-state index in [1.54, 1.807) is 11.9 Å². The van der Waals surface area contributed by atoms with Gasteiger partial charge < -0.3 is 4.74 Å². The number of ether oxygens (including phenoxy) is 1. The predicted molar refractivity (Wildman–Crippen MR) is 74.1 cm³/mol. The Morgan fingerprint density at radius 2 is 2.17 bits per heavy atom. The number of rotatable bonds is 4. The fraction of sp³-hybridized carbons (Fsp3) is 0.385. The molecule has 5 heteroatoms. The van der Waals surface area contributed by atoms with Crippen LogP contribution in [0.4, 0.5) is 5.13 Å². The third-order valence-electron chi connectivity index (χ3n) is 2.48. The minimum absolute atomic E-state index is 0.0534. The molecule has 1 aromatic heterocycles. The first-order valence-electron chi connectivity index (χ1n) is 5.81. The highest BCUT2D eigenvalue weighted by Crippen LogP contribution is 2.27. The van der Waals surface area contributed by atoms with Gasteiger partial charge in [0.1, 0.15) is 6.61 Å². The predicted octanol–water partition coefficient (Wildman–Crippen LogP) is 2.68. The van der Waals surface area contributed by atoms with E-state index < -0.39 is 0 Å². The number of carbonyl (C=O) groups is 1. The molecule has 2 aromatic rings. The number of anilines is 1. The van der Waals surface area contributed by atoms with Crippen LogP contribution in [0.25, 0.3) is 10.2 Å². The lowest BCUT2D eigenvalue weighted by molar-refractivity contribution is -0.124. The van der Waals surface area contributed by atoms with E-state index in [9.17, 15) is 4.79 Å². The van der Waals surface area contributed by atoms with Crippen LogP contribution >= 0.6 is 11.3 Å². The van der Waals surface area contributed by atoms with Gasteiger partial charge in [-0.2, -0.15) is 0 Å². The van der Waals surface area contributed by atoms with Crippen LogP contribution in [0.2, 0.25) is 0 Å². The molecule has 0 aliphatic heterocycles. The Labute approximate surface area is 110 Å². The molecule has 1 heterocycles. The Hall–Kier alpha value is -1.46. The average molecular weight is 264 g/mol. The van der Waals surface area contributed by atoms with Crippen molar-refractivity contribution in [3.05, 3.63) is 24.3 Å². The summed E-state index contributed by atoms with van der Waals surface area (Å²) in [6.07, 6.45) is 0.0534. The molecule has 0 N–H and O–H groups in total. The number of aromatic nitrogens is 1. The number of amides is 1. The molecule has 0 saturated carbocycles. The summed E-state index contributed by atoms with van der Waals surface area (Å²) < 4.78 is 6.39. The smallest absolute Gasteiger partial charge is 0.254 e. The highest BCUT2D eigenvalue weighted by Gasteiger charge is 2.15. The van der Waals surface area contributed by atoms with Crippen molar-refractivity contribution in [2.45, 2.75) is 20.0 Å². The Kier molecular flexibility index (Phi) is 3.93. The Bertz CT molecular complexity index is 518. The van der Waals surface area contributed by atoms with Crippen molar-refractivity contribution in [3.63, 3.8) is 0 Å². The summed E-state index contributed by atoms with van der Waals surface area (Å²) in [7, 11) is 1.73. The van der Waals surface area contributed by atoms with Crippen LogP contribution in [0.3, 0.4) is 0 Å². The van der Waals surface area contributed by atoms with Gasteiger partial charge in [0, 0.05) is 7.05 Å². The zero-order valence-electron chi connectivity index (χ0n) is 10.7. The Morgan fingerprint density at radius 1 is 1.44 bits per heavy atom. The first-order chi connectivity index (χ1) is 8.58. The number of nitrogens with zero attached hydrogens (tertiary/aromatic N) is 2. The van der Waals surface area contributed by atoms with E-state index in [0.717, 1.165) is 10.2 Å². The number of para-hydroxylation sites is 1. The van der Waals surface area contributed by atoms with Crippen LogP contribution in [-0.4, -0.2) is 30.6 Å². The lowest BCUT2D eigenvalue weighted by Crippen LogP contribution is -2.30. The van der Waals surface area contributed by atoms with E-state index in [-0.39, 0.29) is 18.6 Å². The number of fused-ring (bicyclic) bond motifs is 1. The maximum Gasteiger partial charge on any atom is 0.254 e. The molecule has 96 valence electrons. The highest BCUT2D eigenvalue weighted by molar-refractivity contribution is 7.22. The number of carbonyl (C=O) groups excluding carboxylic acids is 1. The largest absolute Gasteiger partial charge is 0.369 e. The zero-order chi connectivity index (χ0) is 13.1. The van der Waals surface area contributed by atoms with Crippen LogP contribution in [-0.2, 0) is 9.53 Å². The molecule has 0 radical (unpaired) electrons. The van der Waals surface area contributed by atoms with Crippen LogP contribution in [0.15, 0.2) is 24.3 Å². The lowest BCUT2D eigenvalue weighted by atomic mass is 10.3. The summed E-state index contributed by atoms with van der Waals surface area (Å²) in [5.74, 6) is -0.0808. The van der Waals surface area contributed by atoms with E-state index in [2.05, 4.69) is 4.98 Å². The summed E-state index contributed by atoms with van der Waals surface area (Å²) in [6, 6.07) is 7.85. The maximum atomic E-state index is 11.9. The van der Waals surface area contributed by atoms with Gasteiger partial charge in [-0.25, -0.2) is 4.98 Å². The molecule has 18 heavy (non-hydrogen) atoms. The summed E-state index contributed by atoms with van der Waals surface area (Å²) in [4.78, 5) is 17.9. The number of thiazole rings is 1. The van der Waals surface area contributed by atoms with Crippen LogP contribution in [0.1, 0.15) is 13.8 Å². The minimum atomic E-state index is -0.0808. The minimum Gasteiger partial charge on any atom is -0.369 e. The third kappa shape index (κ3) is 2.86. The third-order valence-corrected chi connectivity index (χ3v) is 3.60. The van der Waals surface area contributed by atoms with Crippen molar-refractivity contribution in [2.75, 3.05) is 18.6 Å². The molecule has 1 amide bonds. The van der Waals surface area contributed by atoms with Gasteiger partial charge in [0.25, 0.3) is 5.91 Å². The van der Waals surface area contributed by atoms with Gasteiger partial charge >= 0.3 is 0 Å². The normalized spacial score (nSPS) is 11.1. The van der Waals surface area contributed by atoms with Crippen molar-refractivity contribution in [1.82, 2.24) is 4.98 Å². The quantitative estimate of drug-likeness (QED) is 0.852. The molecule has 0 fully saturated rings. The van der Waals surface area contributed by atoms with Gasteiger partial charge in [-0.05, 0) is 26.0 Å². The van der Waals surface area contributed by atoms with Crippen molar-refractivity contribution >= 4 is 32.6 Å². The summed E-state index contributed by atoms with van der Waals surface area (Å²) >= 11 is 1.51. The Balaban J connectivity index is 2.12. The maximum absolute atomic E-state index is 11.9. The van der Waals surface area contributed by atoms with E-state index >= 15 is 0 Å². The van der Waals surface area contributed by atoms with Gasteiger partial charge in [-0.3, -0.25) is 9.69 Å². The van der Waals surface area contributed by atoms with Crippen molar-refractivity contribution in [3.8, 4) is 0 Å². The second-order valence-electron chi connectivity index (χ2n) is 4.28. The molecule has 2 rings (SSSR count).